The Morgan fingerprint density at radius 3 is 2.83 bits per heavy atom. The molecule has 94 valence electrons. The van der Waals surface area contributed by atoms with Crippen molar-refractivity contribution in [3.63, 3.8) is 0 Å². The summed E-state index contributed by atoms with van der Waals surface area (Å²) in [7, 11) is 0. The van der Waals surface area contributed by atoms with Crippen LogP contribution in [0.25, 0.3) is 5.69 Å². The SMILES string of the molecule is Cc1ccc(-n2ncc3c2C(CN)CCC3)cc1. The van der Waals surface area contributed by atoms with Gasteiger partial charge in [0, 0.05) is 12.5 Å². The summed E-state index contributed by atoms with van der Waals surface area (Å²) in [4.78, 5) is 0. The molecule has 3 nitrogen and oxygen atoms in total. The first-order valence-corrected chi connectivity index (χ1v) is 6.63. The fraction of sp³-hybridized carbons (Fsp3) is 0.400. The molecule has 2 N–H and O–H groups in total. The molecule has 0 saturated heterocycles. The third-order valence-electron chi connectivity index (χ3n) is 3.83. The Kier molecular flexibility index (Phi) is 2.92. The Labute approximate surface area is 108 Å². The highest BCUT2D eigenvalue weighted by molar-refractivity contribution is 5.39. The van der Waals surface area contributed by atoms with Crippen LogP contribution < -0.4 is 5.73 Å². The van der Waals surface area contributed by atoms with E-state index >= 15 is 0 Å². The Bertz CT molecular complexity index is 539. The Hall–Kier alpha value is -1.61. The van der Waals surface area contributed by atoms with E-state index in [1.54, 1.807) is 0 Å². The minimum atomic E-state index is 0.456. The fourth-order valence-corrected chi connectivity index (χ4v) is 2.82. The minimum absolute atomic E-state index is 0.456. The van der Waals surface area contributed by atoms with Gasteiger partial charge >= 0.3 is 0 Å². The molecule has 0 bridgehead atoms. The van der Waals surface area contributed by atoms with Gasteiger partial charge in [-0.15, -0.1) is 0 Å². The lowest BCUT2D eigenvalue weighted by Gasteiger charge is -2.23. The number of aryl methyl sites for hydroxylation is 2. The normalized spacial score (nSPS) is 18.7. The van der Waals surface area contributed by atoms with Crippen LogP contribution in [-0.2, 0) is 6.42 Å². The predicted octanol–water partition coefficient (Wildman–Crippen LogP) is 2.56. The van der Waals surface area contributed by atoms with Crippen molar-refractivity contribution in [3.05, 3.63) is 47.3 Å². The molecule has 1 heterocycles. The molecule has 1 atom stereocenters. The summed E-state index contributed by atoms with van der Waals surface area (Å²) in [6.07, 6.45) is 5.56. The van der Waals surface area contributed by atoms with E-state index < -0.39 is 0 Å². The Balaban J connectivity index is 2.08. The molecule has 3 rings (SSSR count). The van der Waals surface area contributed by atoms with E-state index in [1.165, 1.54) is 29.7 Å². The van der Waals surface area contributed by atoms with Gasteiger partial charge in [-0.3, -0.25) is 0 Å². The highest BCUT2D eigenvalue weighted by Crippen LogP contribution is 2.32. The molecule has 1 aliphatic rings. The third-order valence-corrected chi connectivity index (χ3v) is 3.83. The second-order valence-electron chi connectivity index (χ2n) is 5.13. The smallest absolute Gasteiger partial charge is 0.0649 e. The number of nitrogens with zero attached hydrogens (tertiary/aromatic N) is 2. The first-order chi connectivity index (χ1) is 8.79. The highest BCUT2D eigenvalue weighted by atomic mass is 15.3. The summed E-state index contributed by atoms with van der Waals surface area (Å²) in [6, 6.07) is 8.52. The average molecular weight is 241 g/mol. The largest absolute Gasteiger partial charge is 0.330 e. The fourth-order valence-electron chi connectivity index (χ4n) is 2.82. The van der Waals surface area contributed by atoms with Gasteiger partial charge in [0.25, 0.3) is 0 Å². The molecule has 0 spiro atoms. The van der Waals surface area contributed by atoms with Crippen LogP contribution in [0.2, 0.25) is 0 Å². The molecule has 0 saturated carbocycles. The zero-order chi connectivity index (χ0) is 12.5. The number of hydrogen-bond acceptors (Lipinski definition) is 2. The van der Waals surface area contributed by atoms with Gasteiger partial charge in [-0.25, -0.2) is 4.68 Å². The highest BCUT2D eigenvalue weighted by Gasteiger charge is 2.24. The van der Waals surface area contributed by atoms with Gasteiger partial charge in [0.2, 0.25) is 0 Å². The first kappa shape index (κ1) is 11.5. The molecule has 1 aliphatic carbocycles. The van der Waals surface area contributed by atoms with Gasteiger partial charge < -0.3 is 5.73 Å². The van der Waals surface area contributed by atoms with Crippen LogP contribution in [-0.4, -0.2) is 16.3 Å². The zero-order valence-corrected chi connectivity index (χ0v) is 10.8. The van der Waals surface area contributed by atoms with Crippen LogP contribution in [0.4, 0.5) is 0 Å². The van der Waals surface area contributed by atoms with Gasteiger partial charge in [0.05, 0.1) is 17.6 Å². The number of rotatable bonds is 2. The van der Waals surface area contributed by atoms with Gasteiger partial charge in [-0.05, 0) is 43.9 Å². The van der Waals surface area contributed by atoms with E-state index in [4.69, 9.17) is 5.73 Å². The van der Waals surface area contributed by atoms with Crippen molar-refractivity contribution in [3.8, 4) is 5.69 Å². The maximum atomic E-state index is 5.91. The second-order valence-corrected chi connectivity index (χ2v) is 5.13. The molecule has 0 fully saturated rings. The molecular formula is C15H19N3. The van der Waals surface area contributed by atoms with Gasteiger partial charge in [-0.2, -0.15) is 5.10 Å². The lowest BCUT2D eigenvalue weighted by atomic mass is 9.88. The topological polar surface area (TPSA) is 43.8 Å². The summed E-state index contributed by atoms with van der Waals surface area (Å²) in [5.41, 5.74) is 11.0. The summed E-state index contributed by atoms with van der Waals surface area (Å²) in [5.74, 6) is 0.456. The van der Waals surface area contributed by atoms with Gasteiger partial charge in [0.15, 0.2) is 0 Å². The van der Waals surface area contributed by atoms with Crippen LogP contribution in [0.3, 0.4) is 0 Å². The van der Waals surface area contributed by atoms with E-state index in [2.05, 4.69) is 41.0 Å². The van der Waals surface area contributed by atoms with Crippen molar-refractivity contribution in [2.45, 2.75) is 32.1 Å². The molecule has 0 radical (unpaired) electrons. The lowest BCUT2D eigenvalue weighted by Crippen LogP contribution is -2.20. The van der Waals surface area contributed by atoms with Crippen molar-refractivity contribution >= 4 is 0 Å². The number of benzene rings is 1. The van der Waals surface area contributed by atoms with Crippen molar-refractivity contribution in [1.82, 2.24) is 9.78 Å². The molecule has 1 unspecified atom stereocenters. The molecule has 3 heteroatoms. The third kappa shape index (κ3) is 1.85. The van der Waals surface area contributed by atoms with Crippen molar-refractivity contribution in [1.29, 1.82) is 0 Å². The number of nitrogens with two attached hydrogens (primary N) is 1. The van der Waals surface area contributed by atoms with Gasteiger partial charge in [0.1, 0.15) is 0 Å². The maximum absolute atomic E-state index is 5.91. The van der Waals surface area contributed by atoms with Crippen LogP contribution in [0.5, 0.6) is 0 Å². The summed E-state index contributed by atoms with van der Waals surface area (Å²) in [5, 5.41) is 4.56. The van der Waals surface area contributed by atoms with Crippen molar-refractivity contribution < 1.29 is 0 Å². The molecule has 1 aromatic carbocycles. The monoisotopic (exact) mass is 241 g/mol. The number of fused-ring (bicyclic) bond motifs is 1. The zero-order valence-electron chi connectivity index (χ0n) is 10.8. The average Bonchev–Trinajstić information content (AvgIpc) is 2.83. The molecule has 2 aromatic rings. The van der Waals surface area contributed by atoms with Crippen LogP contribution in [0.1, 0.15) is 35.6 Å². The summed E-state index contributed by atoms with van der Waals surface area (Å²) in [6.45, 7) is 2.82. The van der Waals surface area contributed by atoms with E-state index in [9.17, 15) is 0 Å². The summed E-state index contributed by atoms with van der Waals surface area (Å²) >= 11 is 0. The van der Waals surface area contributed by atoms with E-state index in [0.29, 0.717) is 12.5 Å². The van der Waals surface area contributed by atoms with E-state index in [0.717, 1.165) is 12.1 Å². The first-order valence-electron chi connectivity index (χ1n) is 6.63. The lowest BCUT2D eigenvalue weighted by molar-refractivity contribution is 0.534. The van der Waals surface area contributed by atoms with Crippen molar-refractivity contribution in [2.24, 2.45) is 5.73 Å². The van der Waals surface area contributed by atoms with E-state index in [-0.39, 0.29) is 0 Å². The van der Waals surface area contributed by atoms with Crippen molar-refractivity contribution in [2.75, 3.05) is 6.54 Å². The van der Waals surface area contributed by atoms with Crippen LogP contribution in [0.15, 0.2) is 30.5 Å². The molecule has 0 aliphatic heterocycles. The second kappa shape index (κ2) is 4.58. The standard InChI is InChI=1S/C15H19N3/c1-11-5-7-14(8-6-11)18-15-12(9-16)3-2-4-13(15)10-17-18/h5-8,10,12H,2-4,9,16H2,1H3. The Morgan fingerprint density at radius 2 is 2.11 bits per heavy atom. The molecule has 0 amide bonds. The van der Waals surface area contributed by atoms with Gasteiger partial charge in [-0.1, -0.05) is 17.7 Å². The molecule has 18 heavy (non-hydrogen) atoms. The summed E-state index contributed by atoms with van der Waals surface area (Å²) < 4.78 is 2.07. The quantitative estimate of drug-likeness (QED) is 0.878. The number of aromatic nitrogens is 2. The van der Waals surface area contributed by atoms with Crippen LogP contribution in [0, 0.1) is 6.92 Å². The predicted molar refractivity (Wildman–Crippen MR) is 73.0 cm³/mol. The molecule has 1 aromatic heterocycles. The van der Waals surface area contributed by atoms with E-state index in [1.807, 2.05) is 6.20 Å². The Morgan fingerprint density at radius 1 is 1.33 bits per heavy atom. The number of hydrogen-bond donors (Lipinski definition) is 1. The molecular weight excluding hydrogens is 222 g/mol. The van der Waals surface area contributed by atoms with Crippen LogP contribution >= 0.6 is 0 Å². The minimum Gasteiger partial charge on any atom is -0.330 e. The maximum Gasteiger partial charge on any atom is 0.0649 e.